The number of nitrogens with zero attached hydrogens (tertiary/aromatic N) is 4. The van der Waals surface area contributed by atoms with E-state index in [1.807, 2.05) is 54.7 Å². The van der Waals surface area contributed by atoms with Crippen molar-refractivity contribution in [2.24, 2.45) is 4.99 Å². The van der Waals surface area contributed by atoms with Crippen LogP contribution in [0.15, 0.2) is 84.0 Å². The first kappa shape index (κ1) is 17.1. The molecule has 2 aromatic carbocycles. The molecule has 1 unspecified atom stereocenters. The summed E-state index contributed by atoms with van der Waals surface area (Å²) in [5, 5.41) is 13.9. The summed E-state index contributed by atoms with van der Waals surface area (Å²) in [6.07, 6.45) is 1.81. The van der Waals surface area contributed by atoms with Crippen LogP contribution in [0.2, 0.25) is 0 Å². The van der Waals surface area contributed by atoms with Gasteiger partial charge in [-0.05, 0) is 13.0 Å². The first-order chi connectivity index (χ1) is 13.2. The molecule has 4 rings (SSSR count). The molecule has 27 heavy (non-hydrogen) atoms. The van der Waals surface area contributed by atoms with Crippen molar-refractivity contribution < 1.29 is 5.11 Å². The number of pyridine rings is 1. The molecule has 1 atom stereocenters. The third-order valence-corrected chi connectivity index (χ3v) is 4.18. The van der Waals surface area contributed by atoms with Gasteiger partial charge in [-0.2, -0.15) is 5.10 Å². The lowest BCUT2D eigenvalue weighted by Crippen LogP contribution is -2.05. The van der Waals surface area contributed by atoms with Crippen LogP contribution in [0, 0.1) is 0 Å². The lowest BCUT2D eigenvalue weighted by Gasteiger charge is -2.07. The van der Waals surface area contributed by atoms with E-state index in [-0.39, 0.29) is 0 Å². The molecule has 134 valence electrons. The Hall–Kier alpha value is -3.31. The van der Waals surface area contributed by atoms with E-state index in [9.17, 15) is 5.11 Å². The van der Waals surface area contributed by atoms with Gasteiger partial charge in [0.1, 0.15) is 0 Å². The SMILES string of the molecule is CC(O)Cc1nc2cc(N=C(c3ccccc3)c3ccccc3)ccn2n1. The van der Waals surface area contributed by atoms with Gasteiger partial charge in [-0.15, -0.1) is 0 Å². The minimum absolute atomic E-state index is 0.430. The Morgan fingerprint density at radius 1 is 1.00 bits per heavy atom. The van der Waals surface area contributed by atoms with Crippen molar-refractivity contribution in [1.82, 2.24) is 14.6 Å². The summed E-state index contributed by atoms with van der Waals surface area (Å²) >= 11 is 0. The van der Waals surface area contributed by atoms with E-state index in [2.05, 4.69) is 34.3 Å². The van der Waals surface area contributed by atoms with Crippen LogP contribution in [0.3, 0.4) is 0 Å². The zero-order chi connectivity index (χ0) is 18.6. The Morgan fingerprint density at radius 3 is 2.22 bits per heavy atom. The van der Waals surface area contributed by atoms with E-state index in [1.165, 1.54) is 0 Å². The average molecular weight is 356 g/mol. The first-order valence-corrected chi connectivity index (χ1v) is 8.92. The summed E-state index contributed by atoms with van der Waals surface area (Å²) < 4.78 is 1.71. The largest absolute Gasteiger partial charge is 0.393 e. The van der Waals surface area contributed by atoms with Crippen molar-refractivity contribution in [2.75, 3.05) is 0 Å². The highest BCUT2D eigenvalue weighted by Crippen LogP contribution is 2.19. The smallest absolute Gasteiger partial charge is 0.157 e. The van der Waals surface area contributed by atoms with E-state index in [0.717, 1.165) is 22.5 Å². The molecule has 0 aliphatic carbocycles. The molecule has 2 heterocycles. The molecule has 0 aliphatic heterocycles. The topological polar surface area (TPSA) is 62.8 Å². The second kappa shape index (κ2) is 7.51. The van der Waals surface area contributed by atoms with E-state index in [4.69, 9.17) is 4.99 Å². The van der Waals surface area contributed by atoms with Gasteiger partial charge in [0.15, 0.2) is 11.5 Å². The van der Waals surface area contributed by atoms with Crippen LogP contribution >= 0.6 is 0 Å². The highest BCUT2D eigenvalue weighted by atomic mass is 16.3. The molecule has 0 amide bonds. The molecule has 0 radical (unpaired) electrons. The summed E-state index contributed by atoms with van der Waals surface area (Å²) in [4.78, 5) is 9.39. The van der Waals surface area contributed by atoms with E-state index >= 15 is 0 Å². The van der Waals surface area contributed by atoms with Gasteiger partial charge in [0.05, 0.1) is 17.5 Å². The number of aliphatic hydroxyl groups is 1. The number of aromatic nitrogens is 3. The third-order valence-electron chi connectivity index (χ3n) is 4.18. The molecule has 1 N–H and O–H groups in total. The highest BCUT2D eigenvalue weighted by molar-refractivity contribution is 6.13. The maximum Gasteiger partial charge on any atom is 0.157 e. The van der Waals surface area contributed by atoms with Gasteiger partial charge in [0.2, 0.25) is 0 Å². The molecule has 0 bridgehead atoms. The number of fused-ring (bicyclic) bond motifs is 1. The zero-order valence-electron chi connectivity index (χ0n) is 15.0. The molecule has 0 spiro atoms. The Kier molecular flexibility index (Phi) is 4.77. The van der Waals surface area contributed by atoms with Crippen LogP contribution in [0.4, 0.5) is 5.69 Å². The average Bonchev–Trinajstić information content (AvgIpc) is 3.08. The molecule has 0 fully saturated rings. The van der Waals surface area contributed by atoms with E-state index in [0.29, 0.717) is 17.9 Å². The van der Waals surface area contributed by atoms with Gasteiger partial charge < -0.3 is 5.11 Å². The van der Waals surface area contributed by atoms with Crippen LogP contribution in [0.25, 0.3) is 5.65 Å². The second-order valence-electron chi connectivity index (χ2n) is 6.46. The molecular weight excluding hydrogens is 336 g/mol. The highest BCUT2D eigenvalue weighted by Gasteiger charge is 2.09. The summed E-state index contributed by atoms with van der Waals surface area (Å²) in [6.45, 7) is 1.73. The van der Waals surface area contributed by atoms with E-state index < -0.39 is 6.10 Å². The van der Waals surface area contributed by atoms with Crippen molar-refractivity contribution >= 4 is 17.0 Å². The monoisotopic (exact) mass is 356 g/mol. The molecule has 0 aliphatic rings. The number of hydrogen-bond acceptors (Lipinski definition) is 4. The minimum Gasteiger partial charge on any atom is -0.393 e. The Balaban J connectivity index is 1.78. The van der Waals surface area contributed by atoms with Crippen molar-refractivity contribution in [2.45, 2.75) is 19.4 Å². The lowest BCUT2D eigenvalue weighted by atomic mass is 10.0. The van der Waals surface area contributed by atoms with Gasteiger partial charge >= 0.3 is 0 Å². The molecule has 0 saturated heterocycles. The lowest BCUT2D eigenvalue weighted by molar-refractivity contribution is 0.193. The minimum atomic E-state index is -0.470. The predicted octanol–water partition coefficient (Wildman–Crippen LogP) is 3.82. The maximum absolute atomic E-state index is 9.55. The van der Waals surface area contributed by atoms with Crippen molar-refractivity contribution in [3.63, 3.8) is 0 Å². The Bertz CT molecular complexity index is 1030. The van der Waals surface area contributed by atoms with Crippen molar-refractivity contribution in [3.05, 3.63) is 95.9 Å². The first-order valence-electron chi connectivity index (χ1n) is 8.92. The molecule has 0 saturated carbocycles. The third kappa shape index (κ3) is 3.93. The molecule has 5 nitrogen and oxygen atoms in total. The fourth-order valence-electron chi connectivity index (χ4n) is 2.95. The van der Waals surface area contributed by atoms with Gasteiger partial charge in [-0.25, -0.2) is 14.5 Å². The Labute approximate surface area is 157 Å². The summed E-state index contributed by atoms with van der Waals surface area (Å²) in [6, 6.07) is 24.1. The van der Waals surface area contributed by atoms with Crippen LogP contribution in [0.5, 0.6) is 0 Å². The van der Waals surface area contributed by atoms with Crippen molar-refractivity contribution in [1.29, 1.82) is 0 Å². The zero-order valence-corrected chi connectivity index (χ0v) is 15.0. The summed E-state index contributed by atoms with van der Waals surface area (Å²) in [7, 11) is 0. The van der Waals surface area contributed by atoms with Gasteiger partial charge in [0, 0.05) is 29.8 Å². The Morgan fingerprint density at radius 2 is 1.63 bits per heavy atom. The van der Waals surface area contributed by atoms with Gasteiger partial charge in [-0.1, -0.05) is 60.7 Å². The number of hydrogen-bond donors (Lipinski definition) is 1. The second-order valence-corrected chi connectivity index (χ2v) is 6.46. The molecule has 5 heteroatoms. The maximum atomic E-state index is 9.55. The number of aliphatic hydroxyl groups excluding tert-OH is 1. The quantitative estimate of drug-likeness (QED) is 0.553. The van der Waals surface area contributed by atoms with Gasteiger partial charge in [-0.3, -0.25) is 0 Å². The molecule has 2 aromatic heterocycles. The van der Waals surface area contributed by atoms with Crippen LogP contribution in [-0.4, -0.2) is 31.5 Å². The van der Waals surface area contributed by atoms with Crippen molar-refractivity contribution in [3.8, 4) is 0 Å². The van der Waals surface area contributed by atoms with Crippen LogP contribution in [0.1, 0.15) is 23.9 Å². The molecule has 4 aromatic rings. The normalized spacial score (nSPS) is 12.1. The number of aliphatic imine (C=N–C) groups is 1. The fourth-order valence-corrected chi connectivity index (χ4v) is 2.95. The van der Waals surface area contributed by atoms with Crippen LogP contribution in [-0.2, 0) is 6.42 Å². The van der Waals surface area contributed by atoms with Crippen LogP contribution < -0.4 is 0 Å². The summed E-state index contributed by atoms with van der Waals surface area (Å²) in [5.41, 5.74) is 4.54. The van der Waals surface area contributed by atoms with E-state index in [1.54, 1.807) is 11.4 Å². The van der Waals surface area contributed by atoms with Gasteiger partial charge in [0.25, 0.3) is 0 Å². The standard InChI is InChI=1S/C22H20N4O/c1-16(27)14-20-24-21-15-19(12-13-26(21)25-20)23-22(17-8-4-2-5-9-17)18-10-6-3-7-11-18/h2-13,15-16,27H,14H2,1H3. The predicted molar refractivity (Wildman–Crippen MR) is 107 cm³/mol. The molecular formula is C22H20N4O. The summed E-state index contributed by atoms with van der Waals surface area (Å²) in [5.74, 6) is 0.623. The number of benzene rings is 2. The number of rotatable bonds is 5. The fraction of sp³-hybridized carbons (Fsp3) is 0.136.